The number of carbonyl (C=O) groups is 1. The molecule has 1 atom stereocenters. The van der Waals surface area contributed by atoms with Crippen molar-refractivity contribution in [2.75, 3.05) is 11.9 Å². The van der Waals surface area contributed by atoms with Crippen molar-refractivity contribution in [3.05, 3.63) is 29.8 Å². The molecule has 1 aliphatic rings. The first-order chi connectivity index (χ1) is 7.96. The van der Waals surface area contributed by atoms with Crippen LogP contribution >= 0.6 is 0 Å². The average Bonchev–Trinajstić information content (AvgIpc) is 2.55. The molecule has 17 heavy (non-hydrogen) atoms. The van der Waals surface area contributed by atoms with E-state index in [2.05, 4.69) is 6.07 Å². The van der Waals surface area contributed by atoms with Crippen LogP contribution in [0.3, 0.4) is 0 Å². The highest BCUT2D eigenvalue weighted by Gasteiger charge is 2.38. The van der Waals surface area contributed by atoms with Crippen molar-refractivity contribution in [1.82, 2.24) is 0 Å². The third-order valence-corrected chi connectivity index (χ3v) is 3.32. The maximum absolute atomic E-state index is 12.2. The molecule has 0 spiro atoms. The average molecular weight is 228 g/mol. The zero-order valence-electron chi connectivity index (χ0n) is 10.4. The smallest absolute Gasteiger partial charge is 0.234 e. The molecule has 2 rings (SSSR count). The van der Waals surface area contributed by atoms with Gasteiger partial charge in [0.05, 0.1) is 17.4 Å². The number of anilines is 1. The van der Waals surface area contributed by atoms with Gasteiger partial charge in [0.1, 0.15) is 0 Å². The van der Waals surface area contributed by atoms with Crippen LogP contribution in [-0.4, -0.2) is 13.0 Å². The predicted octanol–water partition coefficient (Wildman–Crippen LogP) is 2.69. The fourth-order valence-electron chi connectivity index (χ4n) is 2.33. The lowest BCUT2D eigenvalue weighted by Crippen LogP contribution is -2.26. The van der Waals surface area contributed by atoms with E-state index < -0.39 is 5.41 Å². The first-order valence-electron chi connectivity index (χ1n) is 5.74. The SMILES string of the molecule is CN1C(=O)C(CC(C)(C)C#N)c2ccccc21. The highest BCUT2D eigenvalue weighted by molar-refractivity contribution is 6.04. The molecule has 1 aromatic carbocycles. The van der Waals surface area contributed by atoms with Gasteiger partial charge in [-0.3, -0.25) is 4.79 Å². The minimum Gasteiger partial charge on any atom is -0.315 e. The fourth-order valence-corrected chi connectivity index (χ4v) is 2.33. The van der Waals surface area contributed by atoms with E-state index in [-0.39, 0.29) is 11.8 Å². The Bertz CT molecular complexity index is 499. The van der Waals surface area contributed by atoms with Crippen molar-refractivity contribution in [2.24, 2.45) is 5.41 Å². The van der Waals surface area contributed by atoms with Crippen molar-refractivity contribution >= 4 is 11.6 Å². The van der Waals surface area contributed by atoms with E-state index in [9.17, 15) is 4.79 Å². The molecule has 3 nitrogen and oxygen atoms in total. The zero-order valence-corrected chi connectivity index (χ0v) is 10.4. The third kappa shape index (κ3) is 1.91. The van der Waals surface area contributed by atoms with Crippen LogP contribution in [0.5, 0.6) is 0 Å². The molecule has 0 saturated carbocycles. The lowest BCUT2D eigenvalue weighted by molar-refractivity contribution is -0.119. The number of hydrogen-bond acceptors (Lipinski definition) is 2. The van der Waals surface area contributed by atoms with Crippen LogP contribution in [0.15, 0.2) is 24.3 Å². The quantitative estimate of drug-likeness (QED) is 0.781. The van der Waals surface area contributed by atoms with Gasteiger partial charge in [0.25, 0.3) is 0 Å². The molecule has 1 aromatic rings. The summed E-state index contributed by atoms with van der Waals surface area (Å²) in [6.45, 7) is 3.75. The van der Waals surface area contributed by atoms with Crippen molar-refractivity contribution < 1.29 is 4.79 Å². The van der Waals surface area contributed by atoms with Gasteiger partial charge >= 0.3 is 0 Å². The van der Waals surface area contributed by atoms with Crippen LogP contribution in [-0.2, 0) is 4.79 Å². The second kappa shape index (κ2) is 3.89. The summed E-state index contributed by atoms with van der Waals surface area (Å²) in [5, 5.41) is 9.08. The van der Waals surface area contributed by atoms with E-state index in [0.29, 0.717) is 6.42 Å². The van der Waals surface area contributed by atoms with Gasteiger partial charge in [0, 0.05) is 12.7 Å². The second-order valence-corrected chi connectivity index (χ2v) is 5.21. The molecule has 1 heterocycles. The molecule has 0 fully saturated rings. The summed E-state index contributed by atoms with van der Waals surface area (Å²) in [5.74, 6) is -0.0830. The predicted molar refractivity (Wildman–Crippen MR) is 66.6 cm³/mol. The molecular formula is C14H16N2O. The number of likely N-dealkylation sites (N-methyl/N-ethyl adjacent to an activating group) is 1. The molecule has 88 valence electrons. The maximum atomic E-state index is 12.2. The highest BCUT2D eigenvalue weighted by Crippen LogP contribution is 2.42. The van der Waals surface area contributed by atoms with Crippen molar-refractivity contribution in [2.45, 2.75) is 26.2 Å². The lowest BCUT2D eigenvalue weighted by atomic mass is 9.81. The van der Waals surface area contributed by atoms with Crippen LogP contribution in [0.4, 0.5) is 5.69 Å². The zero-order chi connectivity index (χ0) is 12.6. The Hall–Kier alpha value is -1.82. The maximum Gasteiger partial charge on any atom is 0.234 e. The van der Waals surface area contributed by atoms with Gasteiger partial charge in [0.15, 0.2) is 0 Å². The van der Waals surface area contributed by atoms with Gasteiger partial charge in [0.2, 0.25) is 5.91 Å². The molecule has 0 radical (unpaired) electrons. The molecule has 1 amide bonds. The number of benzene rings is 1. The summed E-state index contributed by atoms with van der Waals surface area (Å²) in [7, 11) is 1.79. The van der Waals surface area contributed by atoms with Gasteiger partial charge in [-0.25, -0.2) is 0 Å². The Morgan fingerprint density at radius 2 is 2.06 bits per heavy atom. The number of nitrogens with zero attached hydrogens (tertiary/aromatic N) is 2. The Morgan fingerprint density at radius 1 is 1.41 bits per heavy atom. The molecule has 0 aromatic heterocycles. The fraction of sp³-hybridized carbons (Fsp3) is 0.429. The molecule has 1 unspecified atom stereocenters. The number of rotatable bonds is 2. The van der Waals surface area contributed by atoms with Crippen LogP contribution in [0, 0.1) is 16.7 Å². The summed E-state index contributed by atoms with van der Waals surface area (Å²) in [4.78, 5) is 13.9. The van der Waals surface area contributed by atoms with Crippen molar-refractivity contribution in [3.8, 4) is 6.07 Å². The molecule has 0 aliphatic carbocycles. The Balaban J connectivity index is 2.38. The Morgan fingerprint density at radius 3 is 2.71 bits per heavy atom. The van der Waals surface area contributed by atoms with Crippen LogP contribution < -0.4 is 4.90 Å². The number of carbonyl (C=O) groups excluding carboxylic acids is 1. The van der Waals surface area contributed by atoms with E-state index in [1.165, 1.54) is 0 Å². The molecular weight excluding hydrogens is 212 g/mol. The molecule has 1 aliphatic heterocycles. The molecule has 0 saturated heterocycles. The normalized spacial score (nSPS) is 19.1. The monoisotopic (exact) mass is 228 g/mol. The standard InChI is InChI=1S/C14H16N2O/c1-14(2,9-15)8-11-10-6-4-5-7-12(10)16(3)13(11)17/h4-7,11H,8H2,1-3H3. The topological polar surface area (TPSA) is 44.1 Å². The summed E-state index contributed by atoms with van der Waals surface area (Å²) in [6, 6.07) is 10.1. The summed E-state index contributed by atoms with van der Waals surface area (Å²) >= 11 is 0. The Labute approximate surface area is 102 Å². The van der Waals surface area contributed by atoms with E-state index in [1.807, 2.05) is 38.1 Å². The minimum atomic E-state index is -0.474. The number of para-hydroxylation sites is 1. The summed E-state index contributed by atoms with van der Waals surface area (Å²) < 4.78 is 0. The molecule has 0 bridgehead atoms. The summed E-state index contributed by atoms with van der Waals surface area (Å²) in [6.07, 6.45) is 0.573. The van der Waals surface area contributed by atoms with Crippen molar-refractivity contribution in [3.63, 3.8) is 0 Å². The lowest BCUT2D eigenvalue weighted by Gasteiger charge is -2.19. The largest absolute Gasteiger partial charge is 0.315 e. The van der Waals surface area contributed by atoms with Gasteiger partial charge in [-0.15, -0.1) is 0 Å². The van der Waals surface area contributed by atoms with E-state index in [1.54, 1.807) is 11.9 Å². The highest BCUT2D eigenvalue weighted by atomic mass is 16.2. The van der Waals surface area contributed by atoms with E-state index >= 15 is 0 Å². The van der Waals surface area contributed by atoms with Crippen LogP contribution in [0.25, 0.3) is 0 Å². The number of nitriles is 1. The van der Waals surface area contributed by atoms with Crippen molar-refractivity contribution in [1.29, 1.82) is 5.26 Å². The number of hydrogen-bond donors (Lipinski definition) is 0. The third-order valence-electron chi connectivity index (χ3n) is 3.32. The second-order valence-electron chi connectivity index (χ2n) is 5.21. The van der Waals surface area contributed by atoms with Gasteiger partial charge in [-0.05, 0) is 31.9 Å². The van der Waals surface area contributed by atoms with E-state index in [0.717, 1.165) is 11.3 Å². The van der Waals surface area contributed by atoms with Gasteiger partial charge in [-0.1, -0.05) is 18.2 Å². The first-order valence-corrected chi connectivity index (χ1v) is 5.74. The molecule has 0 N–H and O–H groups in total. The van der Waals surface area contributed by atoms with Gasteiger partial charge < -0.3 is 4.90 Å². The van der Waals surface area contributed by atoms with E-state index in [4.69, 9.17) is 5.26 Å². The minimum absolute atomic E-state index is 0.0922. The summed E-state index contributed by atoms with van der Waals surface area (Å²) in [5.41, 5.74) is 1.54. The number of amides is 1. The first kappa shape index (κ1) is 11.7. The van der Waals surface area contributed by atoms with Gasteiger partial charge in [-0.2, -0.15) is 5.26 Å². The van der Waals surface area contributed by atoms with Crippen LogP contribution in [0.1, 0.15) is 31.7 Å². The van der Waals surface area contributed by atoms with Crippen LogP contribution in [0.2, 0.25) is 0 Å². The Kier molecular flexibility index (Phi) is 2.66. The molecule has 3 heteroatoms. The number of fused-ring (bicyclic) bond motifs is 1.